The zero-order chi connectivity index (χ0) is 24.9. The SMILES string of the molecule is CCOC(=O)c1ccc(C)c(NC(=O)CN(c2ccc(C)cc2)S(=O)(=O)c2ccc(F)cc2)c1. The molecule has 3 aromatic rings. The van der Waals surface area contributed by atoms with E-state index >= 15 is 0 Å². The van der Waals surface area contributed by atoms with Crippen molar-refractivity contribution in [3.63, 3.8) is 0 Å². The van der Waals surface area contributed by atoms with E-state index in [1.807, 2.05) is 6.92 Å². The van der Waals surface area contributed by atoms with E-state index in [9.17, 15) is 22.4 Å². The van der Waals surface area contributed by atoms with Crippen molar-refractivity contribution in [1.82, 2.24) is 0 Å². The fourth-order valence-electron chi connectivity index (χ4n) is 3.18. The molecule has 7 nitrogen and oxygen atoms in total. The monoisotopic (exact) mass is 484 g/mol. The van der Waals surface area contributed by atoms with Crippen LogP contribution in [-0.4, -0.2) is 33.4 Å². The van der Waals surface area contributed by atoms with Gasteiger partial charge in [-0.2, -0.15) is 0 Å². The number of hydrogen-bond donors (Lipinski definition) is 1. The highest BCUT2D eigenvalue weighted by Crippen LogP contribution is 2.25. The Balaban J connectivity index is 1.92. The van der Waals surface area contributed by atoms with Crippen molar-refractivity contribution in [2.75, 3.05) is 22.8 Å². The molecule has 0 aromatic heterocycles. The fraction of sp³-hybridized carbons (Fsp3) is 0.200. The van der Waals surface area contributed by atoms with Crippen LogP contribution in [0.3, 0.4) is 0 Å². The number of carbonyl (C=O) groups is 2. The molecule has 9 heteroatoms. The van der Waals surface area contributed by atoms with Crippen LogP contribution in [0.2, 0.25) is 0 Å². The normalized spacial score (nSPS) is 11.1. The van der Waals surface area contributed by atoms with Crippen molar-refractivity contribution in [3.05, 3.63) is 89.2 Å². The van der Waals surface area contributed by atoms with E-state index in [4.69, 9.17) is 4.74 Å². The van der Waals surface area contributed by atoms with Gasteiger partial charge >= 0.3 is 5.97 Å². The van der Waals surface area contributed by atoms with E-state index in [-0.39, 0.29) is 22.8 Å². The molecule has 34 heavy (non-hydrogen) atoms. The van der Waals surface area contributed by atoms with Gasteiger partial charge in [0.1, 0.15) is 12.4 Å². The Kier molecular flexibility index (Phi) is 7.68. The van der Waals surface area contributed by atoms with Crippen LogP contribution in [0.4, 0.5) is 15.8 Å². The van der Waals surface area contributed by atoms with Crippen molar-refractivity contribution in [2.45, 2.75) is 25.7 Å². The summed E-state index contributed by atoms with van der Waals surface area (Å²) in [7, 11) is -4.18. The Bertz CT molecular complexity index is 1290. The zero-order valence-corrected chi connectivity index (χ0v) is 19.9. The Labute approximate surface area is 198 Å². The maximum Gasteiger partial charge on any atom is 0.338 e. The maximum absolute atomic E-state index is 13.4. The van der Waals surface area contributed by atoms with Crippen LogP contribution in [0.1, 0.15) is 28.4 Å². The second kappa shape index (κ2) is 10.5. The number of nitrogens with zero attached hydrogens (tertiary/aromatic N) is 1. The van der Waals surface area contributed by atoms with Gasteiger partial charge in [0.2, 0.25) is 5.91 Å². The number of halogens is 1. The van der Waals surface area contributed by atoms with E-state index in [1.165, 1.54) is 6.07 Å². The molecule has 0 aliphatic carbocycles. The standard InChI is InChI=1S/C25H25FN2O5S/c1-4-33-25(30)19-8-7-18(3)23(15-19)27-24(29)16-28(21-11-5-17(2)6-12-21)34(31,32)22-13-9-20(26)10-14-22/h5-15H,4,16H2,1-3H3,(H,27,29). The number of anilines is 2. The summed E-state index contributed by atoms with van der Waals surface area (Å²) in [6, 6.07) is 15.8. The molecule has 0 aliphatic rings. The molecular formula is C25H25FN2O5S. The predicted molar refractivity (Wildman–Crippen MR) is 128 cm³/mol. The quantitative estimate of drug-likeness (QED) is 0.477. The van der Waals surface area contributed by atoms with Crippen molar-refractivity contribution >= 4 is 33.3 Å². The highest BCUT2D eigenvalue weighted by Gasteiger charge is 2.27. The van der Waals surface area contributed by atoms with Gasteiger partial charge in [-0.1, -0.05) is 23.8 Å². The van der Waals surface area contributed by atoms with Crippen LogP contribution in [0.25, 0.3) is 0 Å². The summed E-state index contributed by atoms with van der Waals surface area (Å²) in [5, 5.41) is 2.68. The van der Waals surface area contributed by atoms with Gasteiger partial charge in [0.25, 0.3) is 10.0 Å². The number of sulfonamides is 1. The summed E-state index contributed by atoms with van der Waals surface area (Å²) in [4.78, 5) is 24.9. The number of benzene rings is 3. The summed E-state index contributed by atoms with van der Waals surface area (Å²) in [6.07, 6.45) is 0. The second-order valence-electron chi connectivity index (χ2n) is 7.60. The first-order chi connectivity index (χ1) is 16.1. The zero-order valence-electron chi connectivity index (χ0n) is 19.0. The van der Waals surface area contributed by atoms with Crippen molar-refractivity contribution in [3.8, 4) is 0 Å². The summed E-state index contributed by atoms with van der Waals surface area (Å²) >= 11 is 0. The first-order valence-corrected chi connectivity index (χ1v) is 12.0. The van der Waals surface area contributed by atoms with Crippen LogP contribution >= 0.6 is 0 Å². The highest BCUT2D eigenvalue weighted by molar-refractivity contribution is 7.92. The van der Waals surface area contributed by atoms with Gasteiger partial charge in [-0.25, -0.2) is 17.6 Å². The average molecular weight is 485 g/mol. The highest BCUT2D eigenvalue weighted by atomic mass is 32.2. The van der Waals surface area contributed by atoms with Gasteiger partial charge < -0.3 is 10.1 Å². The van der Waals surface area contributed by atoms with Gasteiger partial charge in [-0.3, -0.25) is 9.10 Å². The van der Waals surface area contributed by atoms with Gasteiger partial charge in [0, 0.05) is 5.69 Å². The number of rotatable bonds is 8. The molecule has 0 aliphatic heterocycles. The lowest BCUT2D eigenvalue weighted by atomic mass is 10.1. The summed E-state index contributed by atoms with van der Waals surface area (Å²) in [6.45, 7) is 4.97. The van der Waals surface area contributed by atoms with E-state index in [2.05, 4.69) is 5.32 Å². The lowest BCUT2D eigenvalue weighted by molar-refractivity contribution is -0.114. The lowest BCUT2D eigenvalue weighted by Gasteiger charge is -2.24. The molecule has 1 amide bonds. The number of carbonyl (C=O) groups excluding carboxylic acids is 2. The molecule has 3 aromatic carbocycles. The number of amides is 1. The smallest absolute Gasteiger partial charge is 0.338 e. The summed E-state index contributed by atoms with van der Waals surface area (Å²) < 4.78 is 46.0. The third-order valence-corrected chi connectivity index (χ3v) is 6.82. The topological polar surface area (TPSA) is 92.8 Å². The van der Waals surface area contributed by atoms with Crippen molar-refractivity contribution in [2.24, 2.45) is 0 Å². The van der Waals surface area contributed by atoms with Gasteiger partial charge in [-0.05, 0) is 74.9 Å². The first kappa shape index (κ1) is 24.9. The van der Waals surface area contributed by atoms with Gasteiger partial charge in [0.05, 0.1) is 22.8 Å². The minimum atomic E-state index is -4.18. The van der Waals surface area contributed by atoms with Crippen molar-refractivity contribution < 1.29 is 27.1 Å². The average Bonchev–Trinajstić information content (AvgIpc) is 2.80. The number of nitrogens with one attached hydrogen (secondary N) is 1. The molecule has 0 atom stereocenters. The van der Waals surface area contributed by atoms with Gasteiger partial charge in [0.15, 0.2) is 0 Å². The van der Waals surface area contributed by atoms with E-state index in [0.29, 0.717) is 11.3 Å². The van der Waals surface area contributed by atoms with E-state index in [1.54, 1.807) is 50.2 Å². The molecule has 0 radical (unpaired) electrons. The number of esters is 1. The first-order valence-electron chi connectivity index (χ1n) is 10.5. The van der Waals surface area contributed by atoms with E-state index < -0.39 is 34.3 Å². The Morgan fingerprint density at radius 2 is 1.62 bits per heavy atom. The van der Waals surface area contributed by atoms with Gasteiger partial charge in [-0.15, -0.1) is 0 Å². The van der Waals surface area contributed by atoms with E-state index in [0.717, 1.165) is 34.1 Å². The largest absolute Gasteiger partial charge is 0.462 e. The van der Waals surface area contributed by atoms with Crippen LogP contribution < -0.4 is 9.62 Å². The molecule has 0 fully saturated rings. The van der Waals surface area contributed by atoms with Crippen LogP contribution in [0.5, 0.6) is 0 Å². The molecule has 0 saturated carbocycles. The molecule has 1 N–H and O–H groups in total. The third-order valence-electron chi connectivity index (χ3n) is 5.03. The number of ether oxygens (including phenoxy) is 1. The van der Waals surface area contributed by atoms with Crippen LogP contribution in [0, 0.1) is 19.7 Å². The van der Waals surface area contributed by atoms with Crippen molar-refractivity contribution in [1.29, 1.82) is 0 Å². The molecule has 3 rings (SSSR count). The Morgan fingerprint density at radius 3 is 2.24 bits per heavy atom. The number of aryl methyl sites for hydroxylation is 2. The minimum absolute atomic E-state index is 0.150. The summed E-state index contributed by atoms with van der Waals surface area (Å²) in [5.74, 6) is -1.72. The molecule has 0 spiro atoms. The molecular weight excluding hydrogens is 459 g/mol. The number of hydrogen-bond acceptors (Lipinski definition) is 5. The fourth-order valence-corrected chi connectivity index (χ4v) is 4.60. The Hall–Kier alpha value is -3.72. The molecule has 0 bridgehead atoms. The molecule has 178 valence electrons. The lowest BCUT2D eigenvalue weighted by Crippen LogP contribution is -2.38. The molecule has 0 unspecified atom stereocenters. The molecule has 0 heterocycles. The van der Waals surface area contributed by atoms with Crippen LogP contribution in [0.15, 0.2) is 71.6 Å². The predicted octanol–water partition coefficient (Wildman–Crippen LogP) is 4.45. The Morgan fingerprint density at radius 1 is 0.971 bits per heavy atom. The second-order valence-corrected chi connectivity index (χ2v) is 9.46. The maximum atomic E-state index is 13.4. The summed E-state index contributed by atoms with van der Waals surface area (Å²) in [5.41, 5.74) is 2.50. The third kappa shape index (κ3) is 5.79. The van der Waals surface area contributed by atoms with Crippen LogP contribution in [-0.2, 0) is 19.6 Å². The minimum Gasteiger partial charge on any atom is -0.462 e. The molecule has 0 saturated heterocycles.